The van der Waals surface area contributed by atoms with Gasteiger partial charge in [0.05, 0.1) is 30.1 Å². The van der Waals surface area contributed by atoms with Crippen molar-refractivity contribution >= 4 is 20.9 Å². The van der Waals surface area contributed by atoms with Gasteiger partial charge >= 0.3 is 0 Å². The van der Waals surface area contributed by atoms with E-state index in [1.807, 2.05) is 42.5 Å². The van der Waals surface area contributed by atoms with Crippen LogP contribution in [0.15, 0.2) is 42.5 Å². The van der Waals surface area contributed by atoms with Gasteiger partial charge in [0.15, 0.2) is 0 Å². The molecular weight excluding hydrogens is 374 g/mol. The lowest BCUT2D eigenvalue weighted by Gasteiger charge is -2.11. The molecule has 0 saturated carbocycles. The summed E-state index contributed by atoms with van der Waals surface area (Å²) in [5.74, 6) is 0.751. The Morgan fingerprint density at radius 3 is 2.46 bits per heavy atom. The van der Waals surface area contributed by atoms with Gasteiger partial charge in [-0.15, -0.1) is 0 Å². The highest BCUT2D eigenvalue weighted by Gasteiger charge is 2.19. The van der Waals surface area contributed by atoms with E-state index in [4.69, 9.17) is 4.74 Å². The van der Waals surface area contributed by atoms with Crippen LogP contribution < -0.4 is 9.46 Å². The number of aromatic nitrogens is 1. The van der Waals surface area contributed by atoms with Gasteiger partial charge in [-0.3, -0.25) is 0 Å². The van der Waals surface area contributed by atoms with Crippen molar-refractivity contribution in [2.75, 3.05) is 13.4 Å². The Balaban J connectivity index is 2.11. The molecule has 1 heterocycles. The average molecular weight is 398 g/mol. The average Bonchev–Trinajstić information content (AvgIpc) is 2.99. The van der Waals surface area contributed by atoms with E-state index in [0.29, 0.717) is 5.56 Å². The highest BCUT2D eigenvalue weighted by molar-refractivity contribution is 7.88. The van der Waals surface area contributed by atoms with Crippen LogP contribution in [0.4, 0.5) is 0 Å². The van der Waals surface area contributed by atoms with Crippen molar-refractivity contribution in [2.45, 2.75) is 26.4 Å². The Labute approximate surface area is 165 Å². The maximum atomic E-state index is 11.3. The first-order valence-electron chi connectivity index (χ1n) is 9.02. The molecule has 3 aromatic rings. The lowest BCUT2D eigenvalue weighted by molar-refractivity contribution is 0.415. The topological polar surface area (TPSA) is 84.1 Å². The fraction of sp³-hybridized carbons (Fsp3) is 0.286. The molecule has 28 heavy (non-hydrogen) atoms. The number of nitriles is 1. The minimum Gasteiger partial charge on any atom is -0.497 e. The Kier molecular flexibility index (Phi) is 5.73. The minimum absolute atomic E-state index is 0.235. The molecule has 1 N–H and O–H groups in total. The molecule has 0 unspecified atom stereocenters. The number of fused-ring (bicyclic) bond motifs is 1. The van der Waals surface area contributed by atoms with Crippen LogP contribution in [0, 0.1) is 11.3 Å². The third-order valence-corrected chi connectivity index (χ3v) is 5.27. The van der Waals surface area contributed by atoms with Crippen LogP contribution in [0.25, 0.3) is 22.2 Å². The predicted octanol–water partition coefficient (Wildman–Crippen LogP) is 3.65. The number of benzene rings is 2. The lowest BCUT2D eigenvalue weighted by atomic mass is 10.0. The fourth-order valence-electron chi connectivity index (χ4n) is 3.32. The minimum atomic E-state index is -3.24. The van der Waals surface area contributed by atoms with Gasteiger partial charge in [-0.25, -0.2) is 13.1 Å². The third-order valence-electron chi connectivity index (χ3n) is 4.60. The van der Waals surface area contributed by atoms with E-state index in [1.54, 1.807) is 7.11 Å². The Morgan fingerprint density at radius 1 is 1.18 bits per heavy atom. The van der Waals surface area contributed by atoms with Crippen LogP contribution in [0.3, 0.4) is 0 Å². The molecule has 0 aliphatic heterocycles. The quantitative estimate of drug-likeness (QED) is 0.660. The van der Waals surface area contributed by atoms with Gasteiger partial charge in [-0.1, -0.05) is 31.2 Å². The molecule has 3 rings (SSSR count). The molecule has 146 valence electrons. The van der Waals surface area contributed by atoms with Crippen LogP contribution in [0.2, 0.25) is 0 Å². The van der Waals surface area contributed by atoms with Crippen molar-refractivity contribution in [3.05, 3.63) is 53.6 Å². The van der Waals surface area contributed by atoms with E-state index in [2.05, 4.69) is 22.3 Å². The first-order chi connectivity index (χ1) is 13.4. The summed E-state index contributed by atoms with van der Waals surface area (Å²) < 4.78 is 32.6. The van der Waals surface area contributed by atoms with E-state index in [9.17, 15) is 13.7 Å². The summed E-state index contributed by atoms with van der Waals surface area (Å²) in [4.78, 5) is 0. The number of sulfonamides is 1. The molecule has 2 aromatic carbocycles. The number of hydrogen-bond acceptors (Lipinski definition) is 4. The molecule has 0 spiro atoms. The standard InChI is InChI=1S/C21H23N3O3S/c1-4-11-24-20-12-17(27-2)9-10-18(20)19(13-22)21(24)16-7-5-15(6-8-16)14-23-28(3,25)26/h5-10,12,23H,4,11,14H2,1-3H3. The highest BCUT2D eigenvalue weighted by atomic mass is 32.2. The molecule has 0 aliphatic carbocycles. The number of ether oxygens (including phenoxy) is 1. The van der Waals surface area contributed by atoms with Crippen LogP contribution in [0.1, 0.15) is 24.5 Å². The second kappa shape index (κ2) is 8.05. The summed E-state index contributed by atoms with van der Waals surface area (Å²) in [6, 6.07) is 15.7. The molecule has 0 amide bonds. The fourth-order valence-corrected chi connectivity index (χ4v) is 3.75. The molecule has 0 atom stereocenters. The first kappa shape index (κ1) is 19.9. The van der Waals surface area contributed by atoms with Gasteiger partial charge in [0, 0.05) is 24.5 Å². The summed E-state index contributed by atoms with van der Waals surface area (Å²) in [6.45, 7) is 3.11. The van der Waals surface area contributed by atoms with Crippen LogP contribution in [0.5, 0.6) is 5.75 Å². The maximum Gasteiger partial charge on any atom is 0.209 e. The van der Waals surface area contributed by atoms with E-state index >= 15 is 0 Å². The van der Waals surface area contributed by atoms with Gasteiger partial charge in [-0.05, 0) is 29.7 Å². The van der Waals surface area contributed by atoms with Gasteiger partial charge in [0.1, 0.15) is 11.8 Å². The highest BCUT2D eigenvalue weighted by Crippen LogP contribution is 2.35. The lowest BCUT2D eigenvalue weighted by Crippen LogP contribution is -2.21. The summed E-state index contributed by atoms with van der Waals surface area (Å²) in [5.41, 5.74) is 4.25. The summed E-state index contributed by atoms with van der Waals surface area (Å²) >= 11 is 0. The molecule has 6 nitrogen and oxygen atoms in total. The van der Waals surface area contributed by atoms with Gasteiger partial charge < -0.3 is 9.30 Å². The molecule has 0 radical (unpaired) electrons. The number of nitrogens with one attached hydrogen (secondary N) is 1. The van der Waals surface area contributed by atoms with Gasteiger partial charge in [-0.2, -0.15) is 5.26 Å². The number of hydrogen-bond donors (Lipinski definition) is 1. The van der Waals surface area contributed by atoms with E-state index in [1.165, 1.54) is 0 Å². The van der Waals surface area contributed by atoms with Crippen LogP contribution in [-0.2, 0) is 23.1 Å². The molecule has 0 saturated heterocycles. The van der Waals surface area contributed by atoms with E-state index in [-0.39, 0.29) is 6.54 Å². The second-order valence-corrected chi connectivity index (χ2v) is 8.49. The summed E-state index contributed by atoms with van der Waals surface area (Å²) in [5, 5.41) is 10.7. The maximum absolute atomic E-state index is 11.3. The number of rotatable bonds is 7. The van der Waals surface area contributed by atoms with E-state index in [0.717, 1.165) is 52.7 Å². The van der Waals surface area contributed by atoms with Crippen LogP contribution in [-0.4, -0.2) is 26.4 Å². The molecule has 1 aromatic heterocycles. The molecule has 0 bridgehead atoms. The molecule has 0 fully saturated rings. The van der Waals surface area contributed by atoms with Gasteiger partial charge in [0.25, 0.3) is 0 Å². The first-order valence-corrected chi connectivity index (χ1v) is 10.9. The normalized spacial score (nSPS) is 11.5. The SMILES string of the molecule is CCCn1c(-c2ccc(CNS(C)(=O)=O)cc2)c(C#N)c2ccc(OC)cc21. The van der Waals surface area contributed by atoms with Gasteiger partial charge in [0.2, 0.25) is 10.0 Å². The number of methoxy groups -OCH3 is 1. The number of nitrogens with zero attached hydrogens (tertiary/aromatic N) is 2. The van der Waals surface area contributed by atoms with Crippen molar-refractivity contribution in [3.63, 3.8) is 0 Å². The zero-order chi connectivity index (χ0) is 20.3. The Morgan fingerprint density at radius 2 is 1.89 bits per heavy atom. The second-order valence-electron chi connectivity index (χ2n) is 6.66. The van der Waals surface area contributed by atoms with Crippen molar-refractivity contribution in [1.82, 2.24) is 9.29 Å². The number of aryl methyl sites for hydroxylation is 1. The molecule has 0 aliphatic rings. The third kappa shape index (κ3) is 4.03. The Hall–Kier alpha value is -2.82. The largest absolute Gasteiger partial charge is 0.497 e. The van der Waals surface area contributed by atoms with Crippen molar-refractivity contribution in [1.29, 1.82) is 5.26 Å². The summed E-state index contributed by atoms with van der Waals surface area (Å²) in [6.07, 6.45) is 2.06. The van der Waals surface area contributed by atoms with Crippen molar-refractivity contribution < 1.29 is 13.2 Å². The predicted molar refractivity (Wildman–Crippen MR) is 111 cm³/mol. The van der Waals surface area contributed by atoms with Crippen LogP contribution >= 0.6 is 0 Å². The summed E-state index contributed by atoms with van der Waals surface area (Å²) in [7, 11) is -1.61. The van der Waals surface area contributed by atoms with E-state index < -0.39 is 10.0 Å². The smallest absolute Gasteiger partial charge is 0.209 e. The monoisotopic (exact) mass is 397 g/mol. The van der Waals surface area contributed by atoms with Crippen molar-refractivity contribution in [2.24, 2.45) is 0 Å². The molecular formula is C21H23N3O3S. The van der Waals surface area contributed by atoms with Crippen molar-refractivity contribution in [3.8, 4) is 23.1 Å². The molecule has 7 heteroatoms. The Bertz CT molecular complexity index is 1140. The zero-order valence-corrected chi connectivity index (χ0v) is 17.0. The zero-order valence-electron chi connectivity index (χ0n) is 16.2.